The van der Waals surface area contributed by atoms with Crippen molar-refractivity contribution in [3.63, 3.8) is 0 Å². The lowest BCUT2D eigenvalue weighted by atomic mass is 10.9. The maximum atomic E-state index is 3.81. The third-order valence-corrected chi connectivity index (χ3v) is 1.42. The molecule has 0 aromatic carbocycles. The molecule has 1 rings (SSSR count). The van der Waals surface area contributed by atoms with Gasteiger partial charge in [-0.25, -0.2) is 0 Å². The Balaban J connectivity index is 2.76. The lowest BCUT2D eigenvalue weighted by Crippen LogP contribution is -2.10. The SMILES string of the molecule is C[Si]c1cn[nH]n1. The van der Waals surface area contributed by atoms with E-state index in [1.807, 2.05) is 0 Å². The maximum Gasteiger partial charge on any atom is 0.109 e. The fourth-order valence-electron chi connectivity index (χ4n) is 0.322. The molecule has 0 saturated carbocycles. The van der Waals surface area contributed by atoms with E-state index in [0.29, 0.717) is 0 Å². The van der Waals surface area contributed by atoms with Crippen molar-refractivity contribution >= 4 is 14.8 Å². The molecule has 0 atom stereocenters. The van der Waals surface area contributed by atoms with Gasteiger partial charge in [-0.1, -0.05) is 6.55 Å². The van der Waals surface area contributed by atoms with Gasteiger partial charge in [0.25, 0.3) is 0 Å². The molecule has 0 aliphatic heterocycles. The summed E-state index contributed by atoms with van der Waals surface area (Å²) in [4.78, 5) is 0. The van der Waals surface area contributed by atoms with Crippen LogP contribution in [0.3, 0.4) is 0 Å². The van der Waals surface area contributed by atoms with E-state index in [-0.39, 0.29) is 0 Å². The van der Waals surface area contributed by atoms with Gasteiger partial charge >= 0.3 is 0 Å². The minimum absolute atomic E-state index is 0.750. The normalized spacial score (nSPS) is 9.29. The topological polar surface area (TPSA) is 41.6 Å². The summed E-state index contributed by atoms with van der Waals surface area (Å²) in [6.07, 6.45) is 1.73. The predicted molar refractivity (Wildman–Crippen MR) is 27.6 cm³/mol. The Labute approximate surface area is 44.0 Å². The van der Waals surface area contributed by atoms with Gasteiger partial charge in [0, 0.05) is 0 Å². The van der Waals surface area contributed by atoms with Crippen LogP contribution in [0.5, 0.6) is 0 Å². The van der Waals surface area contributed by atoms with Crippen LogP contribution in [0.15, 0.2) is 6.20 Å². The number of hydrogen-bond donors (Lipinski definition) is 1. The van der Waals surface area contributed by atoms with Crippen molar-refractivity contribution in [2.45, 2.75) is 6.55 Å². The molecule has 7 heavy (non-hydrogen) atoms. The first kappa shape index (κ1) is 4.51. The molecule has 0 bridgehead atoms. The van der Waals surface area contributed by atoms with E-state index in [0.717, 1.165) is 14.8 Å². The molecule has 2 radical (unpaired) electrons. The molecule has 0 aliphatic carbocycles. The minimum Gasteiger partial charge on any atom is -0.198 e. The highest BCUT2D eigenvalue weighted by molar-refractivity contribution is 6.50. The Bertz CT molecular complexity index is 125. The predicted octanol–water partition coefficient (Wildman–Crippen LogP) is -0.818. The van der Waals surface area contributed by atoms with Gasteiger partial charge < -0.3 is 0 Å². The smallest absolute Gasteiger partial charge is 0.109 e. The Kier molecular flexibility index (Phi) is 1.21. The molecule has 1 N–H and O–H groups in total. The summed E-state index contributed by atoms with van der Waals surface area (Å²) in [5.74, 6) is 0. The fraction of sp³-hybridized carbons (Fsp3) is 0.333. The van der Waals surface area contributed by atoms with Crippen LogP contribution < -0.4 is 5.32 Å². The molecule has 0 spiro atoms. The molecule has 3 nitrogen and oxygen atoms in total. The quantitative estimate of drug-likeness (QED) is 0.481. The zero-order valence-electron chi connectivity index (χ0n) is 3.97. The fourth-order valence-corrected chi connectivity index (χ4v) is 0.678. The molecule has 0 unspecified atom stereocenters. The highest BCUT2D eigenvalue weighted by Crippen LogP contribution is 1.59. The van der Waals surface area contributed by atoms with Crippen LogP contribution in [0, 0.1) is 0 Å². The molecule has 1 aromatic rings. The van der Waals surface area contributed by atoms with Crippen molar-refractivity contribution in [1.29, 1.82) is 0 Å². The molecule has 1 aromatic heterocycles. The van der Waals surface area contributed by atoms with Crippen molar-refractivity contribution < 1.29 is 0 Å². The van der Waals surface area contributed by atoms with Gasteiger partial charge in [-0.3, -0.25) is 0 Å². The number of rotatable bonds is 1. The number of nitrogens with one attached hydrogen (secondary N) is 1. The van der Waals surface area contributed by atoms with Gasteiger partial charge in [-0.2, -0.15) is 15.4 Å². The van der Waals surface area contributed by atoms with E-state index >= 15 is 0 Å². The highest BCUT2D eigenvalue weighted by atomic mass is 28.2. The van der Waals surface area contributed by atoms with E-state index in [1.54, 1.807) is 6.20 Å². The summed E-state index contributed by atoms with van der Waals surface area (Å²) in [6.45, 7) is 2.07. The average Bonchev–Trinajstić information content (AvgIpc) is 2.14. The van der Waals surface area contributed by atoms with E-state index in [2.05, 4.69) is 22.0 Å². The van der Waals surface area contributed by atoms with Crippen LogP contribution in [0.4, 0.5) is 0 Å². The number of aromatic amines is 1. The largest absolute Gasteiger partial charge is 0.198 e. The first-order valence-electron chi connectivity index (χ1n) is 1.97. The standard InChI is InChI=1S/C3H5N3Si/c1-7-3-2-4-6-5-3/h2H,1H3,(H,4,5,6). The van der Waals surface area contributed by atoms with Crippen molar-refractivity contribution in [1.82, 2.24) is 15.4 Å². The van der Waals surface area contributed by atoms with E-state index in [9.17, 15) is 0 Å². The van der Waals surface area contributed by atoms with Crippen LogP contribution in [0.1, 0.15) is 0 Å². The third kappa shape index (κ3) is 0.864. The lowest BCUT2D eigenvalue weighted by molar-refractivity contribution is 0.946. The van der Waals surface area contributed by atoms with Crippen LogP contribution in [-0.2, 0) is 0 Å². The van der Waals surface area contributed by atoms with Crippen LogP contribution in [0.2, 0.25) is 6.55 Å². The molecule has 4 heteroatoms. The van der Waals surface area contributed by atoms with E-state index in [4.69, 9.17) is 0 Å². The van der Waals surface area contributed by atoms with Gasteiger partial charge in [0.05, 0.1) is 11.5 Å². The highest BCUT2D eigenvalue weighted by Gasteiger charge is 1.86. The van der Waals surface area contributed by atoms with Crippen LogP contribution >= 0.6 is 0 Å². The molecule has 0 fully saturated rings. The average molecular weight is 111 g/mol. The van der Waals surface area contributed by atoms with Crippen molar-refractivity contribution in [2.24, 2.45) is 0 Å². The first-order chi connectivity index (χ1) is 3.43. The lowest BCUT2D eigenvalue weighted by Gasteiger charge is -1.72. The molecule has 0 saturated heterocycles. The summed E-state index contributed by atoms with van der Waals surface area (Å²) < 4.78 is 0. The van der Waals surface area contributed by atoms with Crippen LogP contribution in [-0.4, -0.2) is 24.9 Å². The minimum atomic E-state index is 0.750. The van der Waals surface area contributed by atoms with Gasteiger partial charge in [-0.05, 0) is 0 Å². The molecular weight excluding hydrogens is 106 g/mol. The Morgan fingerprint density at radius 3 is 3.00 bits per heavy atom. The molecule has 1 heterocycles. The van der Waals surface area contributed by atoms with Crippen molar-refractivity contribution in [2.75, 3.05) is 0 Å². The molecular formula is C3H5N3Si. The van der Waals surface area contributed by atoms with Gasteiger partial charge in [0.1, 0.15) is 9.52 Å². The van der Waals surface area contributed by atoms with E-state index in [1.165, 1.54) is 0 Å². The Morgan fingerprint density at radius 1 is 1.86 bits per heavy atom. The summed E-state index contributed by atoms with van der Waals surface area (Å²) in [5, 5.41) is 11.0. The number of H-pyrrole nitrogens is 1. The second-order valence-corrected chi connectivity index (χ2v) is 2.12. The third-order valence-electron chi connectivity index (χ3n) is 0.671. The second kappa shape index (κ2) is 1.88. The molecule has 0 amide bonds. The van der Waals surface area contributed by atoms with Crippen molar-refractivity contribution in [3.8, 4) is 0 Å². The van der Waals surface area contributed by atoms with Crippen molar-refractivity contribution in [3.05, 3.63) is 6.20 Å². The summed E-state index contributed by atoms with van der Waals surface area (Å²) >= 11 is 0. The Morgan fingerprint density at radius 2 is 2.71 bits per heavy atom. The molecule has 0 aliphatic rings. The first-order valence-corrected chi connectivity index (χ1v) is 3.47. The monoisotopic (exact) mass is 111 g/mol. The zero-order valence-corrected chi connectivity index (χ0v) is 4.97. The zero-order chi connectivity index (χ0) is 5.11. The second-order valence-electron chi connectivity index (χ2n) is 1.11. The van der Waals surface area contributed by atoms with Gasteiger partial charge in [0.15, 0.2) is 0 Å². The summed E-state index contributed by atoms with van der Waals surface area (Å²) in [5.41, 5.74) is 0. The van der Waals surface area contributed by atoms with E-state index < -0.39 is 0 Å². The van der Waals surface area contributed by atoms with Gasteiger partial charge in [0.2, 0.25) is 0 Å². The Hall–Kier alpha value is -0.643. The summed E-state index contributed by atoms with van der Waals surface area (Å²) in [7, 11) is 0.750. The van der Waals surface area contributed by atoms with Gasteiger partial charge in [-0.15, -0.1) is 0 Å². The maximum absolute atomic E-state index is 3.81. The number of aromatic nitrogens is 3. The number of hydrogen-bond acceptors (Lipinski definition) is 2. The molecule has 36 valence electrons. The van der Waals surface area contributed by atoms with Crippen LogP contribution in [0.25, 0.3) is 0 Å². The summed E-state index contributed by atoms with van der Waals surface area (Å²) in [6, 6.07) is 0. The number of nitrogens with zero attached hydrogens (tertiary/aromatic N) is 2.